The molecule has 0 aromatic carbocycles. The summed E-state index contributed by atoms with van der Waals surface area (Å²) < 4.78 is 10.2. The minimum absolute atomic E-state index is 0.110. The van der Waals surface area contributed by atoms with Crippen molar-refractivity contribution in [3.05, 3.63) is 0 Å². The molecule has 0 spiro atoms. The summed E-state index contributed by atoms with van der Waals surface area (Å²) in [5, 5.41) is 0. The third-order valence-corrected chi connectivity index (χ3v) is 2.83. The molecule has 3 nitrogen and oxygen atoms in total. The SMILES string of the molecule is CCCC(C)COC(=O)OC1CCCC1. The van der Waals surface area contributed by atoms with Crippen LogP contribution in [0.2, 0.25) is 0 Å². The van der Waals surface area contributed by atoms with Crippen molar-refractivity contribution in [1.29, 1.82) is 0 Å². The predicted octanol–water partition coefficient (Wildman–Crippen LogP) is 3.52. The van der Waals surface area contributed by atoms with Gasteiger partial charge in [0.1, 0.15) is 6.10 Å². The fraction of sp³-hybridized carbons (Fsp3) is 0.917. The smallest absolute Gasteiger partial charge is 0.434 e. The van der Waals surface area contributed by atoms with Crippen molar-refractivity contribution in [2.75, 3.05) is 6.61 Å². The minimum Gasteiger partial charge on any atom is -0.434 e. The molecule has 0 aliphatic heterocycles. The van der Waals surface area contributed by atoms with Crippen LogP contribution < -0.4 is 0 Å². The van der Waals surface area contributed by atoms with Crippen molar-refractivity contribution in [2.24, 2.45) is 5.92 Å². The van der Waals surface area contributed by atoms with Crippen molar-refractivity contribution in [1.82, 2.24) is 0 Å². The summed E-state index contributed by atoms with van der Waals surface area (Å²) in [4.78, 5) is 11.3. The Kier molecular flexibility index (Phi) is 5.51. The van der Waals surface area contributed by atoms with E-state index in [0.29, 0.717) is 12.5 Å². The van der Waals surface area contributed by atoms with Crippen molar-refractivity contribution >= 4 is 6.16 Å². The lowest BCUT2D eigenvalue weighted by atomic mass is 10.1. The summed E-state index contributed by atoms with van der Waals surface area (Å²) in [5.41, 5.74) is 0. The second-order valence-electron chi connectivity index (χ2n) is 4.48. The molecular formula is C12H22O3. The maximum absolute atomic E-state index is 11.3. The lowest BCUT2D eigenvalue weighted by Gasteiger charge is -2.13. The number of carbonyl (C=O) groups excluding carboxylic acids is 1. The minimum atomic E-state index is -0.482. The fourth-order valence-corrected chi connectivity index (χ4v) is 1.96. The molecule has 0 amide bonds. The predicted molar refractivity (Wildman–Crippen MR) is 58.8 cm³/mol. The zero-order valence-corrected chi connectivity index (χ0v) is 9.83. The maximum atomic E-state index is 11.3. The molecule has 0 saturated heterocycles. The molecule has 88 valence electrons. The Morgan fingerprint density at radius 3 is 2.67 bits per heavy atom. The van der Waals surface area contributed by atoms with Crippen molar-refractivity contribution in [2.45, 2.75) is 58.5 Å². The van der Waals surface area contributed by atoms with Gasteiger partial charge in [-0.05, 0) is 38.0 Å². The van der Waals surface area contributed by atoms with Crippen LogP contribution in [0, 0.1) is 5.92 Å². The Balaban J connectivity index is 2.07. The van der Waals surface area contributed by atoms with Gasteiger partial charge in [-0.3, -0.25) is 0 Å². The molecule has 0 bridgehead atoms. The van der Waals surface area contributed by atoms with E-state index in [4.69, 9.17) is 9.47 Å². The molecule has 1 aliphatic rings. The lowest BCUT2D eigenvalue weighted by molar-refractivity contribution is 0.0180. The van der Waals surface area contributed by atoms with Gasteiger partial charge in [0.2, 0.25) is 0 Å². The van der Waals surface area contributed by atoms with Crippen LogP contribution in [0.3, 0.4) is 0 Å². The molecule has 0 radical (unpaired) electrons. The summed E-state index contributed by atoms with van der Waals surface area (Å²) in [7, 11) is 0. The number of carbonyl (C=O) groups is 1. The lowest BCUT2D eigenvalue weighted by Crippen LogP contribution is -2.18. The topological polar surface area (TPSA) is 35.5 Å². The van der Waals surface area contributed by atoms with E-state index in [0.717, 1.165) is 25.7 Å². The van der Waals surface area contributed by atoms with Crippen LogP contribution in [0.25, 0.3) is 0 Å². The first kappa shape index (κ1) is 12.3. The second-order valence-corrected chi connectivity index (χ2v) is 4.48. The zero-order chi connectivity index (χ0) is 11.1. The van der Waals surface area contributed by atoms with Crippen LogP contribution in [0.4, 0.5) is 4.79 Å². The van der Waals surface area contributed by atoms with Crippen LogP contribution in [0.1, 0.15) is 52.4 Å². The van der Waals surface area contributed by atoms with Gasteiger partial charge in [0.15, 0.2) is 0 Å². The molecule has 0 aromatic heterocycles. The first-order valence-corrected chi connectivity index (χ1v) is 6.05. The normalized spacial score (nSPS) is 18.8. The number of rotatable bonds is 5. The van der Waals surface area contributed by atoms with Gasteiger partial charge in [0.05, 0.1) is 6.61 Å². The Bertz CT molecular complexity index is 185. The fourth-order valence-electron chi connectivity index (χ4n) is 1.96. The molecule has 1 rings (SSSR count). The van der Waals surface area contributed by atoms with Crippen LogP contribution in [-0.4, -0.2) is 18.9 Å². The van der Waals surface area contributed by atoms with Crippen molar-refractivity contribution in [3.63, 3.8) is 0 Å². The van der Waals surface area contributed by atoms with Crippen LogP contribution in [0.15, 0.2) is 0 Å². The van der Waals surface area contributed by atoms with Gasteiger partial charge >= 0.3 is 6.16 Å². The van der Waals surface area contributed by atoms with E-state index in [2.05, 4.69) is 13.8 Å². The number of hydrogen-bond acceptors (Lipinski definition) is 3. The zero-order valence-electron chi connectivity index (χ0n) is 9.83. The third-order valence-electron chi connectivity index (χ3n) is 2.83. The molecule has 0 aromatic rings. The molecular weight excluding hydrogens is 192 g/mol. The van der Waals surface area contributed by atoms with Crippen LogP contribution in [0.5, 0.6) is 0 Å². The Morgan fingerprint density at radius 2 is 2.07 bits per heavy atom. The van der Waals surface area contributed by atoms with Crippen LogP contribution in [-0.2, 0) is 9.47 Å². The maximum Gasteiger partial charge on any atom is 0.508 e. The van der Waals surface area contributed by atoms with E-state index in [-0.39, 0.29) is 6.10 Å². The highest BCUT2D eigenvalue weighted by Crippen LogP contribution is 2.21. The van der Waals surface area contributed by atoms with Gasteiger partial charge in [-0.2, -0.15) is 0 Å². The molecule has 1 fully saturated rings. The first-order valence-electron chi connectivity index (χ1n) is 6.05. The summed E-state index contributed by atoms with van der Waals surface area (Å²) in [6, 6.07) is 0. The van der Waals surface area contributed by atoms with E-state index in [9.17, 15) is 4.79 Å². The molecule has 0 heterocycles. The van der Waals surface area contributed by atoms with Gasteiger partial charge in [0.25, 0.3) is 0 Å². The van der Waals surface area contributed by atoms with Crippen molar-refractivity contribution < 1.29 is 14.3 Å². The summed E-state index contributed by atoms with van der Waals surface area (Å²) in [6.45, 7) is 4.71. The van der Waals surface area contributed by atoms with Gasteiger partial charge in [0, 0.05) is 0 Å². The summed E-state index contributed by atoms with van der Waals surface area (Å²) in [6.07, 6.45) is 6.19. The molecule has 3 heteroatoms. The quantitative estimate of drug-likeness (QED) is 0.657. The van der Waals surface area contributed by atoms with E-state index >= 15 is 0 Å². The first-order chi connectivity index (χ1) is 7.22. The summed E-state index contributed by atoms with van der Waals surface area (Å²) in [5.74, 6) is 0.436. The van der Waals surface area contributed by atoms with Crippen LogP contribution >= 0.6 is 0 Å². The highest BCUT2D eigenvalue weighted by molar-refractivity contribution is 5.60. The average molecular weight is 214 g/mol. The Hall–Kier alpha value is -0.730. The molecule has 1 atom stereocenters. The highest BCUT2D eigenvalue weighted by atomic mass is 16.7. The molecule has 15 heavy (non-hydrogen) atoms. The molecule has 0 N–H and O–H groups in total. The molecule has 1 saturated carbocycles. The van der Waals surface area contributed by atoms with E-state index in [1.807, 2.05) is 0 Å². The number of ether oxygens (including phenoxy) is 2. The monoisotopic (exact) mass is 214 g/mol. The third kappa shape index (κ3) is 5.05. The van der Waals surface area contributed by atoms with E-state index in [1.54, 1.807) is 0 Å². The van der Waals surface area contributed by atoms with Gasteiger partial charge < -0.3 is 9.47 Å². The average Bonchev–Trinajstić information content (AvgIpc) is 2.68. The Morgan fingerprint density at radius 1 is 1.40 bits per heavy atom. The Labute approximate surface area is 92.1 Å². The molecule has 1 aliphatic carbocycles. The van der Waals surface area contributed by atoms with Crippen molar-refractivity contribution in [3.8, 4) is 0 Å². The summed E-state index contributed by atoms with van der Waals surface area (Å²) >= 11 is 0. The standard InChI is InChI=1S/C12H22O3/c1-3-6-10(2)9-14-12(13)15-11-7-4-5-8-11/h10-11H,3-9H2,1-2H3. The van der Waals surface area contributed by atoms with Gasteiger partial charge in [-0.25, -0.2) is 4.79 Å². The van der Waals surface area contributed by atoms with Gasteiger partial charge in [-0.15, -0.1) is 0 Å². The van der Waals surface area contributed by atoms with Gasteiger partial charge in [-0.1, -0.05) is 20.3 Å². The van der Waals surface area contributed by atoms with E-state index in [1.165, 1.54) is 12.8 Å². The molecule has 1 unspecified atom stereocenters. The number of hydrogen-bond donors (Lipinski definition) is 0. The highest BCUT2D eigenvalue weighted by Gasteiger charge is 2.20. The van der Waals surface area contributed by atoms with E-state index < -0.39 is 6.16 Å². The second kappa shape index (κ2) is 6.70. The largest absolute Gasteiger partial charge is 0.508 e.